The fraction of sp³-hybridized carbons (Fsp3) is 0.0526. The van der Waals surface area contributed by atoms with Crippen LogP contribution >= 0.6 is 0 Å². The van der Waals surface area contributed by atoms with Crippen molar-refractivity contribution in [1.82, 2.24) is 4.98 Å². The van der Waals surface area contributed by atoms with Crippen molar-refractivity contribution < 1.29 is 22.3 Å². The van der Waals surface area contributed by atoms with E-state index in [4.69, 9.17) is 4.74 Å². The predicted molar refractivity (Wildman–Crippen MR) is 102 cm³/mol. The summed E-state index contributed by atoms with van der Waals surface area (Å²) in [6, 6.07) is 12.5. The first-order valence-corrected chi connectivity index (χ1v) is 9.59. The van der Waals surface area contributed by atoms with Gasteiger partial charge >= 0.3 is 0 Å². The summed E-state index contributed by atoms with van der Waals surface area (Å²) in [4.78, 5) is 14.7. The summed E-state index contributed by atoms with van der Waals surface area (Å²) in [6.07, 6.45) is 2.07. The molecule has 0 aliphatic rings. The van der Waals surface area contributed by atoms with Gasteiger partial charge in [-0.25, -0.2) is 12.8 Å². The highest BCUT2D eigenvalue weighted by Crippen LogP contribution is 2.31. The molecule has 0 fully saturated rings. The summed E-state index contributed by atoms with van der Waals surface area (Å²) in [5, 5.41) is 2.54. The lowest BCUT2D eigenvalue weighted by Gasteiger charge is -2.13. The minimum absolute atomic E-state index is 0.176. The second kappa shape index (κ2) is 8.05. The molecule has 0 unspecified atom stereocenters. The quantitative estimate of drug-likeness (QED) is 0.589. The van der Waals surface area contributed by atoms with Crippen molar-refractivity contribution in [2.45, 2.75) is 11.8 Å². The molecule has 0 spiro atoms. The number of rotatable bonds is 7. The molecule has 2 N–H and O–H groups in total. The number of nitrogens with one attached hydrogen (secondary N) is 2. The van der Waals surface area contributed by atoms with Crippen LogP contribution in [0.4, 0.5) is 15.8 Å². The highest BCUT2D eigenvalue weighted by atomic mass is 32.2. The van der Waals surface area contributed by atoms with Crippen LogP contribution < -0.4 is 14.8 Å². The van der Waals surface area contributed by atoms with Gasteiger partial charge in [0.15, 0.2) is 5.75 Å². The molecule has 28 heavy (non-hydrogen) atoms. The van der Waals surface area contributed by atoms with Crippen LogP contribution in [0.2, 0.25) is 0 Å². The Hall–Kier alpha value is -3.46. The lowest BCUT2D eigenvalue weighted by molar-refractivity contribution is -0.105. The predicted octanol–water partition coefficient (Wildman–Crippen LogP) is 3.69. The van der Waals surface area contributed by atoms with Gasteiger partial charge in [0.05, 0.1) is 10.6 Å². The van der Waals surface area contributed by atoms with E-state index in [0.29, 0.717) is 29.3 Å². The summed E-state index contributed by atoms with van der Waals surface area (Å²) in [5.74, 6) is 0.181. The molecule has 0 radical (unpaired) electrons. The van der Waals surface area contributed by atoms with Gasteiger partial charge in [-0.1, -0.05) is 6.07 Å². The minimum Gasteiger partial charge on any atom is -0.455 e. The SMILES string of the molecule is Cc1nccc(Oc2ccc(NS(=O)(=O)c3cccc(F)c3)cc2)c1NC=O. The van der Waals surface area contributed by atoms with Crippen LogP contribution in [0.5, 0.6) is 11.5 Å². The van der Waals surface area contributed by atoms with E-state index in [9.17, 15) is 17.6 Å². The van der Waals surface area contributed by atoms with Crippen LogP contribution in [0.1, 0.15) is 5.69 Å². The zero-order valence-electron chi connectivity index (χ0n) is 14.7. The van der Waals surface area contributed by atoms with Gasteiger partial charge in [0.25, 0.3) is 10.0 Å². The standard InChI is InChI=1S/C19H16FN3O4S/c1-13-19(22-12-24)18(9-10-21-13)27-16-7-5-15(6-8-16)23-28(25,26)17-4-2-3-14(20)11-17/h2-12,23H,1H3,(H,22,24). The molecule has 3 rings (SSSR count). The highest BCUT2D eigenvalue weighted by molar-refractivity contribution is 7.92. The van der Waals surface area contributed by atoms with Crippen molar-refractivity contribution in [2.24, 2.45) is 0 Å². The highest BCUT2D eigenvalue weighted by Gasteiger charge is 2.15. The molecule has 7 nitrogen and oxygen atoms in total. The molecule has 1 aromatic heterocycles. The number of anilines is 2. The zero-order chi connectivity index (χ0) is 20.1. The Balaban J connectivity index is 1.78. The number of sulfonamides is 1. The maximum Gasteiger partial charge on any atom is 0.261 e. The molecule has 0 bridgehead atoms. The number of ether oxygens (including phenoxy) is 1. The second-order valence-corrected chi connectivity index (χ2v) is 7.40. The topological polar surface area (TPSA) is 97.4 Å². The van der Waals surface area contributed by atoms with E-state index in [-0.39, 0.29) is 10.6 Å². The first-order valence-electron chi connectivity index (χ1n) is 8.11. The first kappa shape index (κ1) is 19.3. The normalized spacial score (nSPS) is 10.9. The Kier molecular flexibility index (Phi) is 5.55. The van der Waals surface area contributed by atoms with E-state index in [0.717, 1.165) is 6.07 Å². The fourth-order valence-corrected chi connectivity index (χ4v) is 3.52. The van der Waals surface area contributed by atoms with Crippen LogP contribution in [-0.4, -0.2) is 19.8 Å². The maximum absolute atomic E-state index is 13.3. The first-order chi connectivity index (χ1) is 13.4. The van der Waals surface area contributed by atoms with Crippen LogP contribution in [-0.2, 0) is 14.8 Å². The zero-order valence-corrected chi connectivity index (χ0v) is 15.5. The monoisotopic (exact) mass is 401 g/mol. The summed E-state index contributed by atoms with van der Waals surface area (Å²) in [7, 11) is -3.92. The number of hydrogen-bond acceptors (Lipinski definition) is 5. The number of aryl methyl sites for hydroxylation is 1. The maximum atomic E-state index is 13.3. The molecule has 144 valence electrons. The average molecular weight is 401 g/mol. The smallest absolute Gasteiger partial charge is 0.261 e. The Labute approximate surface area is 161 Å². The van der Waals surface area contributed by atoms with Crippen molar-refractivity contribution in [3.8, 4) is 11.5 Å². The van der Waals surface area contributed by atoms with E-state index in [1.54, 1.807) is 31.3 Å². The molecule has 0 saturated heterocycles. The molecule has 0 aliphatic carbocycles. The molecule has 1 heterocycles. The molecule has 1 amide bonds. The third kappa shape index (κ3) is 4.44. The molecule has 0 saturated carbocycles. The molecule has 0 atom stereocenters. The molecule has 3 aromatic rings. The van der Waals surface area contributed by atoms with Gasteiger partial charge < -0.3 is 10.1 Å². The van der Waals surface area contributed by atoms with Crippen molar-refractivity contribution in [2.75, 3.05) is 10.0 Å². The third-order valence-electron chi connectivity index (χ3n) is 3.75. The fourth-order valence-electron chi connectivity index (χ4n) is 2.43. The number of nitrogens with zero attached hydrogens (tertiary/aromatic N) is 1. The van der Waals surface area contributed by atoms with E-state index in [1.807, 2.05) is 0 Å². The van der Waals surface area contributed by atoms with Gasteiger partial charge in [-0.15, -0.1) is 0 Å². The van der Waals surface area contributed by atoms with Crippen LogP contribution in [0.15, 0.2) is 65.7 Å². The van der Waals surface area contributed by atoms with Crippen molar-refractivity contribution in [1.29, 1.82) is 0 Å². The Bertz CT molecular complexity index is 1100. The van der Waals surface area contributed by atoms with E-state index >= 15 is 0 Å². The lowest BCUT2D eigenvalue weighted by atomic mass is 10.3. The summed E-state index contributed by atoms with van der Waals surface area (Å²) < 4.78 is 46.0. The number of halogens is 1. The Morgan fingerprint density at radius 1 is 1.11 bits per heavy atom. The van der Waals surface area contributed by atoms with Gasteiger partial charge in [-0.2, -0.15) is 0 Å². The number of amides is 1. The Morgan fingerprint density at radius 2 is 1.86 bits per heavy atom. The summed E-state index contributed by atoms with van der Waals surface area (Å²) in [6.45, 7) is 1.73. The van der Waals surface area contributed by atoms with Gasteiger partial charge in [-0.05, 0) is 49.4 Å². The van der Waals surface area contributed by atoms with Crippen LogP contribution in [0.25, 0.3) is 0 Å². The second-order valence-electron chi connectivity index (χ2n) is 5.72. The average Bonchev–Trinajstić information content (AvgIpc) is 2.66. The number of hydrogen-bond donors (Lipinski definition) is 2. The molecular weight excluding hydrogens is 385 g/mol. The Morgan fingerprint density at radius 3 is 2.54 bits per heavy atom. The number of aromatic nitrogens is 1. The molecule has 0 aliphatic heterocycles. The van der Waals surface area contributed by atoms with Gasteiger partial charge in [0.1, 0.15) is 17.3 Å². The van der Waals surface area contributed by atoms with Crippen molar-refractivity contribution in [3.05, 3.63) is 72.3 Å². The van der Waals surface area contributed by atoms with Gasteiger partial charge in [0.2, 0.25) is 6.41 Å². The summed E-state index contributed by atoms with van der Waals surface area (Å²) in [5.41, 5.74) is 1.31. The molecule has 2 aromatic carbocycles. The van der Waals surface area contributed by atoms with E-state index in [2.05, 4.69) is 15.0 Å². The number of benzene rings is 2. The van der Waals surface area contributed by atoms with Crippen LogP contribution in [0.3, 0.4) is 0 Å². The van der Waals surface area contributed by atoms with E-state index in [1.165, 1.54) is 30.3 Å². The van der Waals surface area contributed by atoms with Crippen molar-refractivity contribution >= 4 is 27.8 Å². The number of pyridine rings is 1. The van der Waals surface area contributed by atoms with Gasteiger partial charge in [-0.3, -0.25) is 14.5 Å². The van der Waals surface area contributed by atoms with Crippen molar-refractivity contribution in [3.63, 3.8) is 0 Å². The van der Waals surface area contributed by atoms with Gasteiger partial charge in [0, 0.05) is 18.0 Å². The summed E-state index contributed by atoms with van der Waals surface area (Å²) >= 11 is 0. The molecular formula is C19H16FN3O4S. The number of carbonyl (C=O) groups excluding carboxylic acids is 1. The van der Waals surface area contributed by atoms with Crippen LogP contribution in [0, 0.1) is 12.7 Å². The third-order valence-corrected chi connectivity index (χ3v) is 5.13. The lowest BCUT2D eigenvalue weighted by Crippen LogP contribution is -2.13. The largest absolute Gasteiger partial charge is 0.455 e. The molecule has 9 heteroatoms. The number of carbonyl (C=O) groups is 1. The minimum atomic E-state index is -3.92. The van der Waals surface area contributed by atoms with E-state index < -0.39 is 15.8 Å².